The first-order valence-electron chi connectivity index (χ1n) is 5.39. The van der Waals surface area contributed by atoms with Crippen molar-refractivity contribution in [2.24, 2.45) is 5.92 Å². The fraction of sp³-hybridized carbons (Fsp3) is 0.636. The molecule has 1 heterocycles. The molecule has 0 N–H and O–H groups in total. The molecule has 88 valence electrons. The zero-order chi connectivity index (χ0) is 11.5. The number of aldehydes is 1. The van der Waals surface area contributed by atoms with Gasteiger partial charge >= 0.3 is 0 Å². The summed E-state index contributed by atoms with van der Waals surface area (Å²) in [5.41, 5.74) is 0.750. The Kier molecular flexibility index (Phi) is 3.56. The summed E-state index contributed by atoms with van der Waals surface area (Å²) in [6, 6.07) is 0. The first kappa shape index (κ1) is 11.5. The molecule has 5 heteroatoms. The van der Waals surface area contributed by atoms with Crippen molar-refractivity contribution in [1.29, 1.82) is 0 Å². The van der Waals surface area contributed by atoms with E-state index in [1.165, 1.54) is 24.2 Å². The quantitative estimate of drug-likeness (QED) is 0.713. The molecule has 0 spiro atoms. The molecule has 1 aromatic heterocycles. The highest BCUT2D eigenvalue weighted by Crippen LogP contribution is 2.32. The van der Waals surface area contributed by atoms with Crippen LogP contribution in [0, 0.1) is 5.92 Å². The Morgan fingerprint density at radius 2 is 2.38 bits per heavy atom. The smallest absolute Gasteiger partial charge is 0.186 e. The van der Waals surface area contributed by atoms with Gasteiger partial charge in [-0.05, 0) is 18.8 Å². The van der Waals surface area contributed by atoms with Gasteiger partial charge in [0.05, 0.1) is 17.2 Å². The maximum atomic E-state index is 10.9. The molecule has 1 saturated carbocycles. The van der Waals surface area contributed by atoms with Crippen LogP contribution in [0.1, 0.15) is 28.2 Å². The summed E-state index contributed by atoms with van der Waals surface area (Å²) in [5.74, 6) is 0.819. The average Bonchev–Trinajstić information content (AvgIpc) is 2.97. The summed E-state index contributed by atoms with van der Waals surface area (Å²) in [6.07, 6.45) is 3.50. The van der Waals surface area contributed by atoms with Crippen molar-refractivity contribution >= 4 is 22.8 Å². The number of carbonyl (C=O) groups excluding carboxylic acids is 1. The van der Waals surface area contributed by atoms with Crippen LogP contribution >= 0.6 is 11.3 Å². The highest BCUT2D eigenvalue weighted by molar-refractivity contribution is 7.17. The number of aromatic nitrogens is 1. The molecule has 1 aliphatic rings. The Morgan fingerprint density at radius 3 is 2.94 bits per heavy atom. The van der Waals surface area contributed by atoms with Crippen LogP contribution in [0.25, 0.3) is 0 Å². The number of ether oxygens (including phenoxy) is 1. The zero-order valence-electron chi connectivity index (χ0n) is 9.60. The average molecular weight is 240 g/mol. The van der Waals surface area contributed by atoms with E-state index in [1.54, 1.807) is 7.11 Å². The van der Waals surface area contributed by atoms with Gasteiger partial charge < -0.3 is 9.64 Å². The molecule has 0 amide bonds. The highest BCUT2D eigenvalue weighted by Gasteiger charge is 2.24. The number of hydrogen-bond donors (Lipinski definition) is 0. The van der Waals surface area contributed by atoms with Crippen LogP contribution in [0.5, 0.6) is 0 Å². The van der Waals surface area contributed by atoms with Gasteiger partial charge in [0.1, 0.15) is 0 Å². The van der Waals surface area contributed by atoms with Gasteiger partial charge in [0.2, 0.25) is 0 Å². The predicted octanol–water partition coefficient (Wildman–Crippen LogP) is 1.95. The lowest BCUT2D eigenvalue weighted by Crippen LogP contribution is -2.19. The molecule has 0 unspecified atom stereocenters. The van der Waals surface area contributed by atoms with Crippen molar-refractivity contribution in [3.8, 4) is 0 Å². The topological polar surface area (TPSA) is 42.4 Å². The van der Waals surface area contributed by atoms with Gasteiger partial charge in [0.15, 0.2) is 11.4 Å². The minimum absolute atomic E-state index is 0.405. The predicted molar refractivity (Wildman–Crippen MR) is 64.2 cm³/mol. The Morgan fingerprint density at radius 1 is 1.62 bits per heavy atom. The number of hydrogen-bond acceptors (Lipinski definition) is 5. The second kappa shape index (κ2) is 4.93. The molecule has 0 saturated heterocycles. The van der Waals surface area contributed by atoms with Crippen LogP contribution in [0.15, 0.2) is 0 Å². The van der Waals surface area contributed by atoms with Crippen molar-refractivity contribution in [1.82, 2.24) is 4.98 Å². The Hall–Kier alpha value is -0.940. The number of thiazole rings is 1. The van der Waals surface area contributed by atoms with E-state index in [0.29, 0.717) is 11.5 Å². The van der Waals surface area contributed by atoms with E-state index in [4.69, 9.17) is 4.74 Å². The standard InChI is InChI=1S/C11H16N2O2S/c1-13(5-8-3-4-8)11-12-9(7-15-2)10(6-14)16-11/h6,8H,3-5,7H2,1-2H3. The van der Waals surface area contributed by atoms with Gasteiger partial charge in [0, 0.05) is 20.7 Å². The molecule has 0 radical (unpaired) electrons. The van der Waals surface area contributed by atoms with E-state index in [9.17, 15) is 4.79 Å². The number of nitrogens with zero attached hydrogens (tertiary/aromatic N) is 2. The molecule has 1 aromatic rings. The molecule has 0 aromatic carbocycles. The summed E-state index contributed by atoms with van der Waals surface area (Å²) in [7, 11) is 3.64. The molecule has 0 bridgehead atoms. The molecule has 2 rings (SSSR count). The number of methoxy groups -OCH3 is 1. The van der Waals surface area contributed by atoms with Crippen LogP contribution < -0.4 is 4.90 Å². The van der Waals surface area contributed by atoms with E-state index < -0.39 is 0 Å². The molecule has 0 atom stereocenters. The fourth-order valence-electron chi connectivity index (χ4n) is 1.61. The summed E-state index contributed by atoms with van der Waals surface area (Å²) in [5, 5.41) is 0.918. The lowest BCUT2D eigenvalue weighted by molar-refractivity contribution is 0.112. The SMILES string of the molecule is COCc1nc(N(C)CC2CC2)sc1C=O. The van der Waals surface area contributed by atoms with Crippen molar-refractivity contribution in [3.05, 3.63) is 10.6 Å². The van der Waals surface area contributed by atoms with Gasteiger partial charge in [-0.2, -0.15) is 0 Å². The third-order valence-electron chi connectivity index (χ3n) is 2.66. The second-order valence-corrected chi connectivity index (χ2v) is 5.19. The van der Waals surface area contributed by atoms with E-state index in [0.717, 1.165) is 29.6 Å². The third kappa shape index (κ3) is 2.59. The maximum absolute atomic E-state index is 10.9. The molecule has 1 aliphatic carbocycles. The van der Waals surface area contributed by atoms with Gasteiger partial charge in [-0.25, -0.2) is 4.98 Å². The van der Waals surface area contributed by atoms with Gasteiger partial charge in [-0.3, -0.25) is 4.79 Å². The molecular weight excluding hydrogens is 224 g/mol. The van der Waals surface area contributed by atoms with E-state index in [-0.39, 0.29) is 0 Å². The molecule has 4 nitrogen and oxygen atoms in total. The normalized spacial score (nSPS) is 15.1. The monoisotopic (exact) mass is 240 g/mol. The summed E-state index contributed by atoms with van der Waals surface area (Å²) < 4.78 is 5.02. The number of rotatable bonds is 6. The van der Waals surface area contributed by atoms with Gasteiger partial charge in [-0.15, -0.1) is 0 Å². The van der Waals surface area contributed by atoms with E-state index >= 15 is 0 Å². The number of anilines is 1. The van der Waals surface area contributed by atoms with Crippen molar-refractivity contribution < 1.29 is 9.53 Å². The first-order chi connectivity index (χ1) is 7.74. The van der Waals surface area contributed by atoms with Crippen LogP contribution in [0.4, 0.5) is 5.13 Å². The Labute approximate surface area is 99.2 Å². The van der Waals surface area contributed by atoms with E-state index in [1.807, 2.05) is 7.05 Å². The highest BCUT2D eigenvalue weighted by atomic mass is 32.1. The molecular formula is C11H16N2O2S. The lowest BCUT2D eigenvalue weighted by Gasteiger charge is -2.14. The summed E-state index contributed by atoms with van der Waals surface area (Å²) >= 11 is 1.44. The second-order valence-electron chi connectivity index (χ2n) is 4.18. The van der Waals surface area contributed by atoms with Crippen LogP contribution in [0.2, 0.25) is 0 Å². The number of carbonyl (C=O) groups is 1. The molecule has 0 aliphatic heterocycles. The minimum Gasteiger partial charge on any atom is -0.378 e. The maximum Gasteiger partial charge on any atom is 0.186 e. The molecule has 16 heavy (non-hydrogen) atoms. The van der Waals surface area contributed by atoms with Crippen molar-refractivity contribution in [3.63, 3.8) is 0 Å². The van der Waals surface area contributed by atoms with E-state index in [2.05, 4.69) is 9.88 Å². The minimum atomic E-state index is 0.405. The fourth-order valence-corrected chi connectivity index (χ4v) is 2.47. The van der Waals surface area contributed by atoms with Crippen molar-refractivity contribution in [2.75, 3.05) is 25.6 Å². The third-order valence-corrected chi connectivity index (χ3v) is 3.80. The largest absolute Gasteiger partial charge is 0.378 e. The Balaban J connectivity index is 2.10. The van der Waals surface area contributed by atoms with Crippen LogP contribution in [-0.4, -0.2) is 32.0 Å². The van der Waals surface area contributed by atoms with Crippen LogP contribution in [0.3, 0.4) is 0 Å². The lowest BCUT2D eigenvalue weighted by atomic mass is 10.4. The van der Waals surface area contributed by atoms with Crippen LogP contribution in [-0.2, 0) is 11.3 Å². The Bertz CT molecular complexity index is 374. The molecule has 1 fully saturated rings. The van der Waals surface area contributed by atoms with Gasteiger partial charge in [0.25, 0.3) is 0 Å². The summed E-state index contributed by atoms with van der Waals surface area (Å²) in [6.45, 7) is 1.44. The van der Waals surface area contributed by atoms with Gasteiger partial charge in [-0.1, -0.05) is 11.3 Å². The summed E-state index contributed by atoms with van der Waals surface area (Å²) in [4.78, 5) is 18.1. The van der Waals surface area contributed by atoms with Crippen molar-refractivity contribution in [2.45, 2.75) is 19.4 Å². The zero-order valence-corrected chi connectivity index (χ0v) is 10.4. The first-order valence-corrected chi connectivity index (χ1v) is 6.21.